The number of hydrogen-bond acceptors (Lipinski definition) is 5. The molecule has 0 spiro atoms. The van der Waals surface area contributed by atoms with Gasteiger partial charge in [0.2, 0.25) is 0 Å². The van der Waals surface area contributed by atoms with Gasteiger partial charge < -0.3 is 10.5 Å². The molecule has 2 N–H and O–H groups in total. The van der Waals surface area contributed by atoms with E-state index in [4.69, 9.17) is 10.5 Å². The molecule has 1 aliphatic heterocycles. The topological polar surface area (TPSA) is 87.2 Å². The summed E-state index contributed by atoms with van der Waals surface area (Å²) in [4.78, 5) is 0. The summed E-state index contributed by atoms with van der Waals surface area (Å²) < 4.78 is 30.0. The van der Waals surface area contributed by atoms with Crippen molar-refractivity contribution in [1.29, 1.82) is 0 Å². The lowest BCUT2D eigenvalue weighted by atomic mass is 10.1. The lowest BCUT2D eigenvalue weighted by Gasteiger charge is -2.22. The number of nitrogens with two attached hydrogens (primary N) is 1. The van der Waals surface area contributed by atoms with Crippen LogP contribution in [0.5, 0.6) is 5.75 Å². The monoisotopic (exact) mass is 295 g/mol. The maximum Gasteiger partial charge on any atom is 0.150 e. The Balaban J connectivity index is 1.93. The van der Waals surface area contributed by atoms with Gasteiger partial charge in [0, 0.05) is 17.6 Å². The number of fused-ring (bicyclic) bond motifs is 1. The minimum absolute atomic E-state index is 0.137. The van der Waals surface area contributed by atoms with E-state index in [1.165, 1.54) is 0 Å². The number of anilines is 1. The van der Waals surface area contributed by atoms with Crippen LogP contribution in [0.3, 0.4) is 0 Å². The van der Waals surface area contributed by atoms with Crippen LogP contribution in [0.4, 0.5) is 5.69 Å². The number of nitrogen functional groups attached to an aromatic ring is 1. The van der Waals surface area contributed by atoms with Gasteiger partial charge in [-0.05, 0) is 18.9 Å². The van der Waals surface area contributed by atoms with E-state index in [2.05, 4.69) is 5.10 Å². The molecular formula is C13H17N3O3S. The second-order valence-corrected chi connectivity index (χ2v) is 7.45. The largest absolute Gasteiger partial charge is 0.495 e. The highest BCUT2D eigenvalue weighted by Gasteiger charge is 2.25. The van der Waals surface area contributed by atoms with E-state index >= 15 is 0 Å². The Morgan fingerprint density at radius 3 is 2.70 bits per heavy atom. The molecule has 20 heavy (non-hydrogen) atoms. The van der Waals surface area contributed by atoms with Gasteiger partial charge in [-0.3, -0.25) is 4.68 Å². The van der Waals surface area contributed by atoms with Gasteiger partial charge in [-0.1, -0.05) is 0 Å². The molecule has 0 unspecified atom stereocenters. The van der Waals surface area contributed by atoms with Crippen molar-refractivity contribution in [2.24, 2.45) is 0 Å². The average molecular weight is 295 g/mol. The quantitative estimate of drug-likeness (QED) is 0.846. The fourth-order valence-corrected chi connectivity index (χ4v) is 4.06. The molecular weight excluding hydrogens is 278 g/mol. The number of ether oxygens (including phenoxy) is 1. The zero-order valence-electron chi connectivity index (χ0n) is 11.2. The summed E-state index contributed by atoms with van der Waals surface area (Å²) in [5.41, 5.74) is 7.26. The van der Waals surface area contributed by atoms with Crippen molar-refractivity contribution < 1.29 is 13.2 Å². The Kier molecular flexibility index (Phi) is 3.08. The van der Waals surface area contributed by atoms with Crippen molar-refractivity contribution in [3.05, 3.63) is 18.3 Å². The summed E-state index contributed by atoms with van der Waals surface area (Å²) in [7, 11) is -1.28. The molecule has 2 heterocycles. The lowest BCUT2D eigenvalue weighted by Crippen LogP contribution is -2.25. The first kappa shape index (κ1) is 13.2. The van der Waals surface area contributed by atoms with E-state index in [1.807, 2.05) is 16.9 Å². The fraction of sp³-hybridized carbons (Fsp3) is 0.462. The van der Waals surface area contributed by atoms with Crippen molar-refractivity contribution in [1.82, 2.24) is 9.78 Å². The molecule has 0 saturated carbocycles. The molecule has 1 saturated heterocycles. The first-order chi connectivity index (χ1) is 9.48. The van der Waals surface area contributed by atoms with Crippen LogP contribution in [0.25, 0.3) is 10.9 Å². The van der Waals surface area contributed by atoms with Crippen molar-refractivity contribution in [3.63, 3.8) is 0 Å². The van der Waals surface area contributed by atoms with Crippen LogP contribution in [0.1, 0.15) is 18.9 Å². The van der Waals surface area contributed by atoms with Crippen molar-refractivity contribution in [2.45, 2.75) is 18.9 Å². The predicted molar refractivity (Wildman–Crippen MR) is 77.6 cm³/mol. The highest BCUT2D eigenvalue weighted by Crippen LogP contribution is 2.30. The van der Waals surface area contributed by atoms with Crippen LogP contribution in [0.2, 0.25) is 0 Å². The third kappa shape index (κ3) is 2.33. The summed E-state index contributed by atoms with van der Waals surface area (Å²) in [6.07, 6.45) is 3.15. The Bertz CT molecular complexity index is 738. The molecule has 2 aromatic rings. The molecule has 7 heteroatoms. The standard InChI is InChI=1S/C13H17N3O3S/c1-19-13-7-12-9(6-11(13)14)8-16(15-12)10-2-4-20(17,18)5-3-10/h6-8,10H,2-5,14H2,1H3. The normalized spacial score (nSPS) is 19.2. The molecule has 1 aromatic heterocycles. The van der Waals surface area contributed by atoms with Gasteiger partial charge in [0.15, 0.2) is 0 Å². The Hall–Kier alpha value is -1.76. The van der Waals surface area contributed by atoms with E-state index < -0.39 is 9.84 Å². The van der Waals surface area contributed by atoms with E-state index in [-0.39, 0.29) is 17.5 Å². The molecule has 6 nitrogen and oxygen atoms in total. The Morgan fingerprint density at radius 1 is 1.35 bits per heavy atom. The minimum atomic E-state index is -2.85. The van der Waals surface area contributed by atoms with Crippen LogP contribution in [-0.2, 0) is 9.84 Å². The number of sulfone groups is 1. The smallest absolute Gasteiger partial charge is 0.150 e. The van der Waals surface area contributed by atoms with Gasteiger partial charge in [-0.15, -0.1) is 0 Å². The second-order valence-electron chi connectivity index (χ2n) is 5.15. The summed E-state index contributed by atoms with van der Waals surface area (Å²) in [5, 5.41) is 5.46. The second kappa shape index (κ2) is 4.66. The maximum absolute atomic E-state index is 11.5. The molecule has 0 amide bonds. The van der Waals surface area contributed by atoms with Crippen LogP contribution < -0.4 is 10.5 Å². The molecule has 0 aliphatic carbocycles. The molecule has 0 bridgehead atoms. The van der Waals surface area contributed by atoms with E-state index in [0.717, 1.165) is 10.9 Å². The zero-order chi connectivity index (χ0) is 14.3. The van der Waals surface area contributed by atoms with Crippen LogP contribution >= 0.6 is 0 Å². The summed E-state index contributed by atoms with van der Waals surface area (Å²) in [6.45, 7) is 0. The van der Waals surface area contributed by atoms with Crippen LogP contribution in [-0.4, -0.2) is 36.8 Å². The number of methoxy groups -OCH3 is 1. The van der Waals surface area contributed by atoms with E-state index in [1.54, 1.807) is 13.2 Å². The van der Waals surface area contributed by atoms with Gasteiger partial charge in [0.05, 0.1) is 35.9 Å². The molecule has 3 rings (SSSR count). The average Bonchev–Trinajstić information content (AvgIpc) is 2.80. The number of nitrogens with zero attached hydrogens (tertiary/aromatic N) is 2. The minimum Gasteiger partial charge on any atom is -0.495 e. The lowest BCUT2D eigenvalue weighted by molar-refractivity contribution is 0.414. The van der Waals surface area contributed by atoms with Gasteiger partial charge in [-0.2, -0.15) is 5.10 Å². The van der Waals surface area contributed by atoms with Gasteiger partial charge in [-0.25, -0.2) is 8.42 Å². The predicted octanol–water partition coefficient (Wildman–Crippen LogP) is 1.38. The number of rotatable bonds is 2. The SMILES string of the molecule is COc1cc2nn(C3CCS(=O)(=O)CC3)cc2cc1N. The van der Waals surface area contributed by atoms with Gasteiger partial charge >= 0.3 is 0 Å². The summed E-state index contributed by atoms with van der Waals surface area (Å²) in [5.74, 6) is 1.08. The molecule has 108 valence electrons. The number of hydrogen-bond donors (Lipinski definition) is 1. The summed E-state index contributed by atoms with van der Waals surface area (Å²) in [6, 6.07) is 3.77. The molecule has 0 radical (unpaired) electrons. The highest BCUT2D eigenvalue weighted by atomic mass is 32.2. The molecule has 1 aliphatic rings. The number of benzene rings is 1. The Morgan fingerprint density at radius 2 is 2.05 bits per heavy atom. The maximum atomic E-state index is 11.5. The number of aromatic nitrogens is 2. The Labute approximate surface area is 117 Å². The van der Waals surface area contributed by atoms with Gasteiger partial charge in [0.25, 0.3) is 0 Å². The van der Waals surface area contributed by atoms with E-state index in [9.17, 15) is 8.42 Å². The van der Waals surface area contributed by atoms with Crippen LogP contribution in [0, 0.1) is 0 Å². The van der Waals surface area contributed by atoms with Crippen LogP contribution in [0.15, 0.2) is 18.3 Å². The van der Waals surface area contributed by atoms with Gasteiger partial charge in [0.1, 0.15) is 15.6 Å². The zero-order valence-corrected chi connectivity index (χ0v) is 12.1. The first-order valence-electron chi connectivity index (χ1n) is 6.51. The van der Waals surface area contributed by atoms with Crippen molar-refractivity contribution in [2.75, 3.05) is 24.3 Å². The third-order valence-corrected chi connectivity index (χ3v) is 5.49. The van der Waals surface area contributed by atoms with Crippen molar-refractivity contribution in [3.8, 4) is 5.75 Å². The molecule has 1 aromatic carbocycles. The molecule has 1 fully saturated rings. The first-order valence-corrected chi connectivity index (χ1v) is 8.33. The fourth-order valence-electron chi connectivity index (χ4n) is 2.60. The highest BCUT2D eigenvalue weighted by molar-refractivity contribution is 7.91. The molecule has 0 atom stereocenters. The third-order valence-electron chi connectivity index (χ3n) is 3.77. The van der Waals surface area contributed by atoms with Crippen molar-refractivity contribution >= 4 is 26.4 Å². The summed E-state index contributed by atoms with van der Waals surface area (Å²) >= 11 is 0. The van der Waals surface area contributed by atoms with E-state index in [0.29, 0.717) is 24.3 Å².